The van der Waals surface area contributed by atoms with Crippen molar-refractivity contribution in [2.45, 2.75) is 25.3 Å². The second-order valence-electron chi connectivity index (χ2n) is 6.49. The van der Waals surface area contributed by atoms with Crippen LogP contribution in [0.4, 0.5) is 0 Å². The van der Waals surface area contributed by atoms with Crippen LogP contribution in [0.15, 0.2) is 55.2 Å². The highest BCUT2D eigenvalue weighted by atomic mass is 16.2. The summed E-state index contributed by atoms with van der Waals surface area (Å²) in [6.45, 7) is 1.46. The van der Waals surface area contributed by atoms with Crippen molar-refractivity contribution in [2.24, 2.45) is 0 Å². The van der Waals surface area contributed by atoms with Crippen LogP contribution in [0.3, 0.4) is 0 Å². The van der Waals surface area contributed by atoms with Gasteiger partial charge in [-0.1, -0.05) is 11.3 Å². The molecular weight excluding hydrogens is 328 g/mol. The molecule has 1 aliphatic heterocycles. The molecule has 1 atom stereocenters. The number of pyridine rings is 2. The Hall–Kier alpha value is -3.09. The second kappa shape index (κ2) is 7.43. The van der Waals surface area contributed by atoms with Gasteiger partial charge in [0.1, 0.15) is 5.69 Å². The molecule has 26 heavy (non-hydrogen) atoms. The zero-order valence-electron chi connectivity index (χ0n) is 14.4. The maximum atomic E-state index is 12.6. The molecule has 132 valence electrons. The van der Waals surface area contributed by atoms with Crippen LogP contribution >= 0.6 is 0 Å². The third-order valence-corrected chi connectivity index (χ3v) is 4.69. The summed E-state index contributed by atoms with van der Waals surface area (Å²) in [5, 5.41) is 8.57. The average molecular weight is 348 g/mol. The zero-order valence-corrected chi connectivity index (χ0v) is 14.4. The van der Waals surface area contributed by atoms with Crippen LogP contribution in [-0.2, 0) is 11.2 Å². The fourth-order valence-electron chi connectivity index (χ4n) is 3.30. The van der Waals surface area contributed by atoms with Gasteiger partial charge in [-0.25, -0.2) is 4.68 Å². The van der Waals surface area contributed by atoms with E-state index < -0.39 is 0 Å². The molecule has 0 saturated carbocycles. The number of hydrogen-bond acceptors (Lipinski definition) is 5. The van der Waals surface area contributed by atoms with Crippen LogP contribution in [0, 0.1) is 0 Å². The van der Waals surface area contributed by atoms with E-state index in [1.54, 1.807) is 24.8 Å². The Bertz CT molecular complexity index is 864. The van der Waals surface area contributed by atoms with Crippen molar-refractivity contribution >= 4 is 5.91 Å². The predicted octanol–water partition coefficient (Wildman–Crippen LogP) is 2.14. The summed E-state index contributed by atoms with van der Waals surface area (Å²) in [6, 6.07) is 7.78. The number of carbonyl (C=O) groups excluding carboxylic acids is 1. The molecule has 4 rings (SSSR count). The molecule has 1 saturated heterocycles. The van der Waals surface area contributed by atoms with Gasteiger partial charge in [0.15, 0.2) is 0 Å². The van der Waals surface area contributed by atoms with Crippen molar-refractivity contribution in [1.82, 2.24) is 29.9 Å². The van der Waals surface area contributed by atoms with E-state index in [-0.39, 0.29) is 11.9 Å². The molecule has 7 nitrogen and oxygen atoms in total. The number of piperidine rings is 1. The average Bonchev–Trinajstić information content (AvgIpc) is 3.20. The van der Waals surface area contributed by atoms with E-state index in [9.17, 15) is 4.79 Å². The Morgan fingerprint density at radius 1 is 1.15 bits per heavy atom. The standard InChI is InChI=1S/C19H20N6O/c26-19(11-15-3-1-7-21-12-15)24-10-2-4-17(13-24)25-14-18(22-23-25)16-5-8-20-9-6-16/h1,3,5-9,12,14,17H,2,4,10-11,13H2. The summed E-state index contributed by atoms with van der Waals surface area (Å²) in [5.74, 6) is 0.136. The van der Waals surface area contributed by atoms with Gasteiger partial charge in [-0.2, -0.15) is 0 Å². The van der Waals surface area contributed by atoms with Gasteiger partial charge >= 0.3 is 0 Å². The second-order valence-corrected chi connectivity index (χ2v) is 6.49. The Balaban J connectivity index is 1.44. The number of carbonyl (C=O) groups is 1. The van der Waals surface area contributed by atoms with Crippen LogP contribution < -0.4 is 0 Å². The minimum Gasteiger partial charge on any atom is -0.340 e. The molecule has 0 aliphatic carbocycles. The van der Waals surface area contributed by atoms with Crippen LogP contribution in [0.25, 0.3) is 11.3 Å². The predicted molar refractivity (Wildman–Crippen MR) is 96.0 cm³/mol. The third-order valence-electron chi connectivity index (χ3n) is 4.69. The van der Waals surface area contributed by atoms with E-state index in [1.807, 2.05) is 40.0 Å². The molecule has 7 heteroatoms. The van der Waals surface area contributed by atoms with Crippen molar-refractivity contribution in [1.29, 1.82) is 0 Å². The Labute approximate surface area is 151 Å². The Morgan fingerprint density at radius 3 is 2.85 bits per heavy atom. The molecule has 1 aliphatic rings. The van der Waals surface area contributed by atoms with Gasteiger partial charge in [0.25, 0.3) is 0 Å². The minimum atomic E-state index is 0.136. The first-order chi connectivity index (χ1) is 12.8. The molecule has 0 spiro atoms. The lowest BCUT2D eigenvalue weighted by molar-refractivity contribution is -0.132. The molecule has 0 aromatic carbocycles. The summed E-state index contributed by atoms with van der Waals surface area (Å²) < 4.78 is 1.89. The Kier molecular flexibility index (Phi) is 4.68. The molecule has 0 bridgehead atoms. The first-order valence-corrected chi connectivity index (χ1v) is 8.78. The van der Waals surface area contributed by atoms with Gasteiger partial charge < -0.3 is 4.90 Å². The van der Waals surface area contributed by atoms with Gasteiger partial charge in [0.2, 0.25) is 5.91 Å². The Morgan fingerprint density at radius 2 is 2.04 bits per heavy atom. The number of amides is 1. The fourth-order valence-corrected chi connectivity index (χ4v) is 3.30. The lowest BCUT2D eigenvalue weighted by atomic mass is 10.0. The first-order valence-electron chi connectivity index (χ1n) is 8.78. The highest BCUT2D eigenvalue weighted by molar-refractivity contribution is 5.78. The van der Waals surface area contributed by atoms with E-state index in [0.29, 0.717) is 13.0 Å². The van der Waals surface area contributed by atoms with E-state index in [4.69, 9.17) is 0 Å². The topological polar surface area (TPSA) is 76.8 Å². The number of hydrogen-bond donors (Lipinski definition) is 0. The maximum Gasteiger partial charge on any atom is 0.227 e. The highest BCUT2D eigenvalue weighted by Gasteiger charge is 2.25. The number of rotatable bonds is 4. The van der Waals surface area contributed by atoms with E-state index in [2.05, 4.69) is 20.3 Å². The summed E-state index contributed by atoms with van der Waals surface area (Å²) in [5.41, 5.74) is 2.76. The molecule has 4 heterocycles. The molecule has 1 unspecified atom stereocenters. The number of aromatic nitrogens is 5. The molecule has 3 aromatic rings. The lowest BCUT2D eigenvalue weighted by Crippen LogP contribution is -2.41. The van der Waals surface area contributed by atoms with Gasteiger partial charge in [-0.15, -0.1) is 5.10 Å². The van der Waals surface area contributed by atoms with Gasteiger partial charge in [0, 0.05) is 43.4 Å². The lowest BCUT2D eigenvalue weighted by Gasteiger charge is -2.32. The smallest absolute Gasteiger partial charge is 0.227 e. The van der Waals surface area contributed by atoms with Crippen LogP contribution in [-0.4, -0.2) is 48.9 Å². The summed E-state index contributed by atoms with van der Waals surface area (Å²) >= 11 is 0. The zero-order chi connectivity index (χ0) is 17.8. The van der Waals surface area contributed by atoms with Crippen molar-refractivity contribution in [2.75, 3.05) is 13.1 Å². The molecular formula is C19H20N6O. The molecule has 0 N–H and O–H groups in total. The first kappa shape index (κ1) is 16.4. The van der Waals surface area contributed by atoms with Crippen molar-refractivity contribution in [3.05, 3.63) is 60.8 Å². The van der Waals surface area contributed by atoms with Crippen LogP contribution in [0.1, 0.15) is 24.4 Å². The molecule has 1 amide bonds. The van der Waals surface area contributed by atoms with Crippen LogP contribution in [0.2, 0.25) is 0 Å². The van der Waals surface area contributed by atoms with Gasteiger partial charge in [-0.3, -0.25) is 14.8 Å². The largest absolute Gasteiger partial charge is 0.340 e. The maximum absolute atomic E-state index is 12.6. The van der Waals surface area contributed by atoms with E-state index in [0.717, 1.165) is 36.2 Å². The van der Waals surface area contributed by atoms with Gasteiger partial charge in [-0.05, 0) is 36.6 Å². The number of likely N-dealkylation sites (tertiary alicyclic amines) is 1. The van der Waals surface area contributed by atoms with E-state index in [1.165, 1.54) is 0 Å². The summed E-state index contributed by atoms with van der Waals surface area (Å²) in [4.78, 5) is 22.6. The fraction of sp³-hybridized carbons (Fsp3) is 0.316. The monoisotopic (exact) mass is 348 g/mol. The van der Waals surface area contributed by atoms with Gasteiger partial charge in [0.05, 0.1) is 18.7 Å². The molecule has 3 aromatic heterocycles. The quantitative estimate of drug-likeness (QED) is 0.722. The van der Waals surface area contributed by atoms with Crippen molar-refractivity contribution in [3.8, 4) is 11.3 Å². The molecule has 1 fully saturated rings. The minimum absolute atomic E-state index is 0.136. The number of nitrogens with zero attached hydrogens (tertiary/aromatic N) is 6. The van der Waals surface area contributed by atoms with Crippen LogP contribution in [0.5, 0.6) is 0 Å². The van der Waals surface area contributed by atoms with Crippen molar-refractivity contribution in [3.63, 3.8) is 0 Å². The SMILES string of the molecule is O=C(Cc1cccnc1)N1CCCC(n2cc(-c3ccncc3)nn2)C1. The third kappa shape index (κ3) is 3.61. The molecule has 0 radical (unpaired) electrons. The summed E-state index contributed by atoms with van der Waals surface area (Å²) in [6.07, 6.45) is 11.3. The normalized spacial score (nSPS) is 17.2. The highest BCUT2D eigenvalue weighted by Crippen LogP contribution is 2.23. The van der Waals surface area contributed by atoms with Crippen molar-refractivity contribution < 1.29 is 4.79 Å². The summed E-state index contributed by atoms with van der Waals surface area (Å²) in [7, 11) is 0. The van der Waals surface area contributed by atoms with E-state index >= 15 is 0 Å².